The van der Waals surface area contributed by atoms with Gasteiger partial charge in [0.2, 0.25) is 0 Å². The molecule has 0 fully saturated rings. The third kappa shape index (κ3) is 6.17. The Bertz CT molecular complexity index is 1700. The van der Waals surface area contributed by atoms with Gasteiger partial charge in [0, 0.05) is 23.9 Å². The number of para-hydroxylation sites is 1. The number of hydrogen-bond acceptors (Lipinski definition) is 8. The van der Waals surface area contributed by atoms with E-state index >= 15 is 0 Å². The second-order valence-electron chi connectivity index (χ2n) is 8.73. The molecule has 1 heterocycles. The van der Waals surface area contributed by atoms with Gasteiger partial charge in [0.25, 0.3) is 11.8 Å². The number of phenolic OH excluding ortho intramolecular Hbond substituents is 1. The Hall–Kier alpha value is -5.00. The van der Waals surface area contributed by atoms with Crippen LogP contribution in [0.1, 0.15) is 43.1 Å². The minimum Gasteiger partial charge on any atom is -0.508 e. The third-order valence-electron chi connectivity index (χ3n) is 6.00. The van der Waals surface area contributed by atoms with Crippen LogP contribution in [0.25, 0.3) is 11.0 Å². The van der Waals surface area contributed by atoms with E-state index < -0.39 is 41.7 Å². The molecule has 0 aliphatic rings. The largest absolute Gasteiger partial charge is 0.508 e. The van der Waals surface area contributed by atoms with Crippen molar-refractivity contribution < 1.29 is 33.8 Å². The molecule has 4 rings (SSSR count). The number of carboxylic acids is 1. The fourth-order valence-electron chi connectivity index (χ4n) is 3.91. The van der Waals surface area contributed by atoms with Crippen molar-refractivity contribution >= 4 is 46.1 Å². The van der Waals surface area contributed by atoms with Crippen molar-refractivity contribution in [1.29, 1.82) is 0 Å². The van der Waals surface area contributed by atoms with Crippen LogP contribution in [0, 0.1) is 0 Å². The molecule has 4 aromatic rings. The van der Waals surface area contributed by atoms with Crippen LogP contribution in [0.5, 0.6) is 5.75 Å². The van der Waals surface area contributed by atoms with E-state index in [-0.39, 0.29) is 39.6 Å². The van der Waals surface area contributed by atoms with Crippen molar-refractivity contribution in [2.24, 2.45) is 5.84 Å². The van der Waals surface area contributed by atoms with Crippen LogP contribution < -0.4 is 16.8 Å². The van der Waals surface area contributed by atoms with E-state index in [1.165, 1.54) is 36.4 Å². The number of hydrogen-bond donors (Lipinski definition) is 4. The van der Waals surface area contributed by atoms with Crippen molar-refractivity contribution in [1.82, 2.24) is 10.3 Å². The van der Waals surface area contributed by atoms with E-state index in [0.717, 1.165) is 0 Å². The SMILES string of the molecule is NN(C(=O)c1ccc(C(=O)NCc2cccc(O)c2)cc1Cl)[C@@H](CC(=O)c1cc2ccccc2oc1=O)C(=O)O. The van der Waals surface area contributed by atoms with E-state index in [1.807, 2.05) is 0 Å². The number of rotatable bonds is 9. The Balaban J connectivity index is 1.48. The number of carbonyl (C=O) groups excluding carboxylic acids is 3. The number of aromatic hydroxyl groups is 1. The molecule has 0 aliphatic heterocycles. The van der Waals surface area contributed by atoms with Gasteiger partial charge >= 0.3 is 11.6 Å². The molecule has 11 nitrogen and oxygen atoms in total. The predicted octanol–water partition coefficient (Wildman–Crippen LogP) is 3.12. The Labute approximate surface area is 231 Å². The molecule has 0 saturated heterocycles. The van der Waals surface area contributed by atoms with Gasteiger partial charge < -0.3 is 19.9 Å². The number of benzene rings is 3. The van der Waals surface area contributed by atoms with Crippen molar-refractivity contribution in [2.45, 2.75) is 19.0 Å². The normalized spacial score (nSPS) is 11.6. The Kier molecular flexibility index (Phi) is 8.27. The minimum absolute atomic E-state index is 0.0473. The molecule has 3 aromatic carbocycles. The third-order valence-corrected chi connectivity index (χ3v) is 6.31. The lowest BCUT2D eigenvalue weighted by molar-refractivity contribution is -0.142. The highest BCUT2D eigenvalue weighted by Crippen LogP contribution is 2.22. The lowest BCUT2D eigenvalue weighted by atomic mass is 10.0. The number of nitrogens with zero attached hydrogens (tertiary/aromatic N) is 1. The van der Waals surface area contributed by atoms with E-state index in [1.54, 1.807) is 36.4 Å². The highest BCUT2D eigenvalue weighted by molar-refractivity contribution is 6.34. The van der Waals surface area contributed by atoms with E-state index in [4.69, 9.17) is 21.9 Å². The van der Waals surface area contributed by atoms with Gasteiger partial charge in [-0.25, -0.2) is 15.4 Å². The molecule has 40 heavy (non-hydrogen) atoms. The number of nitrogens with two attached hydrogens (primary N) is 1. The monoisotopic (exact) mass is 563 g/mol. The average molecular weight is 564 g/mol. The fourth-order valence-corrected chi connectivity index (χ4v) is 4.17. The number of ketones is 1. The molecule has 1 aromatic heterocycles. The smallest absolute Gasteiger partial charge is 0.347 e. The number of halogens is 1. The Morgan fingerprint density at radius 1 is 0.975 bits per heavy atom. The van der Waals surface area contributed by atoms with Gasteiger partial charge in [-0.05, 0) is 48.0 Å². The molecule has 0 saturated carbocycles. The van der Waals surface area contributed by atoms with E-state index in [9.17, 15) is 34.2 Å². The highest BCUT2D eigenvalue weighted by atomic mass is 35.5. The number of carboxylic acid groups (broad SMARTS) is 1. The molecule has 0 unspecified atom stereocenters. The highest BCUT2D eigenvalue weighted by Gasteiger charge is 2.32. The minimum atomic E-state index is -1.84. The first-order valence-corrected chi connectivity index (χ1v) is 12.2. The van der Waals surface area contributed by atoms with Gasteiger partial charge in [-0.15, -0.1) is 0 Å². The number of Topliss-reactive ketones (excluding diaryl/α,β-unsaturated/α-hetero) is 1. The molecule has 0 spiro atoms. The molecule has 2 amide bonds. The summed E-state index contributed by atoms with van der Waals surface area (Å²) < 4.78 is 5.13. The van der Waals surface area contributed by atoms with E-state index in [0.29, 0.717) is 16.0 Å². The van der Waals surface area contributed by atoms with Gasteiger partial charge in [-0.2, -0.15) is 0 Å². The number of carbonyl (C=O) groups is 4. The molecule has 5 N–H and O–H groups in total. The first kappa shape index (κ1) is 28.0. The number of nitrogens with one attached hydrogen (secondary N) is 1. The average Bonchev–Trinajstić information content (AvgIpc) is 2.93. The van der Waals surface area contributed by atoms with Crippen LogP contribution in [0.2, 0.25) is 5.02 Å². The van der Waals surface area contributed by atoms with Crippen LogP contribution in [0.15, 0.2) is 82.0 Å². The molecular formula is C28H22ClN3O8. The van der Waals surface area contributed by atoms with Crippen LogP contribution in [0.4, 0.5) is 0 Å². The molecule has 0 bridgehead atoms. The second kappa shape index (κ2) is 11.8. The summed E-state index contributed by atoms with van der Waals surface area (Å²) in [4.78, 5) is 62.7. The zero-order chi connectivity index (χ0) is 29.0. The molecule has 0 aliphatic carbocycles. The number of phenols is 1. The lowest BCUT2D eigenvalue weighted by Gasteiger charge is -2.24. The Morgan fingerprint density at radius 2 is 1.73 bits per heavy atom. The lowest BCUT2D eigenvalue weighted by Crippen LogP contribution is -2.50. The Morgan fingerprint density at radius 3 is 2.42 bits per heavy atom. The van der Waals surface area contributed by atoms with Crippen LogP contribution in [-0.4, -0.2) is 44.8 Å². The molecule has 12 heteroatoms. The first-order valence-electron chi connectivity index (χ1n) is 11.8. The van der Waals surface area contributed by atoms with Gasteiger partial charge in [0.1, 0.15) is 16.9 Å². The zero-order valence-electron chi connectivity index (χ0n) is 20.7. The number of hydrazine groups is 1. The van der Waals surface area contributed by atoms with Gasteiger partial charge in [0.15, 0.2) is 11.8 Å². The topological polar surface area (TPSA) is 180 Å². The standard InChI is InChI=1S/C28H22ClN3O8/c29-21-12-17(25(35)31-14-15-4-3-6-18(33)10-15)8-9-19(21)26(36)32(30)22(27(37)38)13-23(34)20-11-16-5-1-2-7-24(16)40-28(20)39/h1-12,22,33H,13-14,30H2,(H,31,35)(H,37,38)/t22-/m0/s1. The van der Waals surface area contributed by atoms with Crippen molar-refractivity contribution in [3.63, 3.8) is 0 Å². The first-order chi connectivity index (χ1) is 19.0. The predicted molar refractivity (Wildman–Crippen MR) is 144 cm³/mol. The summed E-state index contributed by atoms with van der Waals surface area (Å²) in [7, 11) is 0. The maximum atomic E-state index is 13.0. The maximum absolute atomic E-state index is 13.0. The zero-order valence-corrected chi connectivity index (χ0v) is 21.4. The van der Waals surface area contributed by atoms with Gasteiger partial charge in [0.05, 0.1) is 10.6 Å². The maximum Gasteiger partial charge on any atom is 0.347 e. The van der Waals surface area contributed by atoms with Gasteiger partial charge in [-0.1, -0.05) is 41.9 Å². The van der Waals surface area contributed by atoms with Gasteiger partial charge in [-0.3, -0.25) is 19.4 Å². The number of aliphatic carboxylic acids is 1. The van der Waals surface area contributed by atoms with E-state index in [2.05, 4.69) is 5.32 Å². The fraction of sp³-hybridized carbons (Fsp3) is 0.107. The van der Waals surface area contributed by atoms with Crippen molar-refractivity contribution in [3.05, 3.63) is 110 Å². The number of amides is 2. The summed E-state index contributed by atoms with van der Waals surface area (Å²) in [5, 5.41) is 22.5. The van der Waals surface area contributed by atoms with Crippen LogP contribution in [-0.2, 0) is 11.3 Å². The second-order valence-corrected chi connectivity index (χ2v) is 9.13. The summed E-state index contributed by atoms with van der Waals surface area (Å²) in [5.41, 5.74) is -0.536. The summed E-state index contributed by atoms with van der Waals surface area (Å²) in [6.07, 6.45) is -0.812. The quantitative estimate of drug-likeness (QED) is 0.0782. The van der Waals surface area contributed by atoms with Crippen molar-refractivity contribution in [2.75, 3.05) is 0 Å². The van der Waals surface area contributed by atoms with Crippen LogP contribution >= 0.6 is 11.6 Å². The van der Waals surface area contributed by atoms with Crippen LogP contribution in [0.3, 0.4) is 0 Å². The summed E-state index contributed by atoms with van der Waals surface area (Å²) >= 11 is 6.23. The molecule has 0 radical (unpaired) electrons. The summed E-state index contributed by atoms with van der Waals surface area (Å²) in [6, 6.07) is 15.9. The molecule has 204 valence electrons. The molecular weight excluding hydrogens is 542 g/mol. The summed E-state index contributed by atoms with van der Waals surface area (Å²) in [5.74, 6) is 1.86. The van der Waals surface area contributed by atoms with Crippen molar-refractivity contribution in [3.8, 4) is 5.75 Å². The molecule has 1 atom stereocenters. The number of fused-ring (bicyclic) bond motifs is 1. The summed E-state index contributed by atoms with van der Waals surface area (Å²) in [6.45, 7) is 0.117.